The fourth-order valence-electron chi connectivity index (χ4n) is 2.01. The number of aromatic nitrogens is 4. The SMILES string of the molecule is CC(C)c1cnc(CC(C)c2cncn2C)[nH]1. The predicted octanol–water partition coefficient (Wildman–Crippen LogP) is 2.61. The van der Waals surface area contributed by atoms with Crippen LogP contribution >= 0.6 is 0 Å². The summed E-state index contributed by atoms with van der Waals surface area (Å²) in [5.74, 6) is 1.99. The second kappa shape index (κ2) is 4.73. The van der Waals surface area contributed by atoms with Gasteiger partial charge in [0.25, 0.3) is 0 Å². The van der Waals surface area contributed by atoms with Gasteiger partial charge in [-0.2, -0.15) is 0 Å². The van der Waals surface area contributed by atoms with Gasteiger partial charge in [-0.25, -0.2) is 9.97 Å². The Hall–Kier alpha value is -1.58. The predicted molar refractivity (Wildman–Crippen MR) is 68.0 cm³/mol. The first-order valence-corrected chi connectivity index (χ1v) is 6.08. The highest BCUT2D eigenvalue weighted by Gasteiger charge is 2.12. The number of hydrogen-bond donors (Lipinski definition) is 1. The smallest absolute Gasteiger partial charge is 0.106 e. The van der Waals surface area contributed by atoms with E-state index in [9.17, 15) is 0 Å². The molecule has 2 aromatic rings. The van der Waals surface area contributed by atoms with Crippen molar-refractivity contribution in [3.63, 3.8) is 0 Å². The minimum atomic E-state index is 0.425. The lowest BCUT2D eigenvalue weighted by molar-refractivity contribution is 0.662. The van der Waals surface area contributed by atoms with Gasteiger partial charge in [0, 0.05) is 43.2 Å². The average Bonchev–Trinajstić information content (AvgIpc) is 2.86. The van der Waals surface area contributed by atoms with Crippen molar-refractivity contribution < 1.29 is 0 Å². The largest absolute Gasteiger partial charge is 0.346 e. The summed E-state index contributed by atoms with van der Waals surface area (Å²) in [4.78, 5) is 12.0. The van der Waals surface area contributed by atoms with Crippen LogP contribution in [0.25, 0.3) is 0 Å². The van der Waals surface area contributed by atoms with Crippen LogP contribution in [-0.2, 0) is 13.5 Å². The second-order valence-electron chi connectivity index (χ2n) is 4.97. The van der Waals surface area contributed by atoms with Gasteiger partial charge in [-0.3, -0.25) is 0 Å². The van der Waals surface area contributed by atoms with Crippen LogP contribution in [0.1, 0.15) is 49.8 Å². The molecule has 92 valence electrons. The molecular formula is C13H20N4. The van der Waals surface area contributed by atoms with E-state index in [1.54, 1.807) is 0 Å². The van der Waals surface area contributed by atoms with Crippen molar-refractivity contribution in [1.29, 1.82) is 0 Å². The van der Waals surface area contributed by atoms with Gasteiger partial charge in [0.15, 0.2) is 0 Å². The normalized spacial score (nSPS) is 13.2. The number of rotatable bonds is 4. The molecule has 0 bridgehead atoms. The first-order valence-electron chi connectivity index (χ1n) is 6.08. The van der Waals surface area contributed by atoms with Gasteiger partial charge in [0.2, 0.25) is 0 Å². The summed E-state index contributed by atoms with van der Waals surface area (Å²) in [6.07, 6.45) is 6.63. The second-order valence-corrected chi connectivity index (χ2v) is 4.97. The Balaban J connectivity index is 2.08. The number of H-pyrrole nitrogens is 1. The number of nitrogens with zero attached hydrogens (tertiary/aromatic N) is 3. The quantitative estimate of drug-likeness (QED) is 0.880. The van der Waals surface area contributed by atoms with E-state index < -0.39 is 0 Å². The fourth-order valence-corrected chi connectivity index (χ4v) is 2.01. The van der Waals surface area contributed by atoms with Gasteiger partial charge >= 0.3 is 0 Å². The lowest BCUT2D eigenvalue weighted by atomic mass is 10.0. The monoisotopic (exact) mass is 232 g/mol. The van der Waals surface area contributed by atoms with Gasteiger partial charge in [0.1, 0.15) is 5.82 Å². The zero-order chi connectivity index (χ0) is 12.4. The lowest BCUT2D eigenvalue weighted by Gasteiger charge is -2.10. The first kappa shape index (κ1) is 11.9. The lowest BCUT2D eigenvalue weighted by Crippen LogP contribution is -2.05. The van der Waals surface area contributed by atoms with Crippen molar-refractivity contribution in [2.24, 2.45) is 7.05 Å². The Kier molecular flexibility index (Phi) is 3.31. The van der Waals surface area contributed by atoms with Crippen molar-refractivity contribution in [3.05, 3.63) is 35.9 Å². The molecule has 17 heavy (non-hydrogen) atoms. The molecular weight excluding hydrogens is 212 g/mol. The van der Waals surface area contributed by atoms with Crippen LogP contribution in [0.4, 0.5) is 0 Å². The molecule has 4 heteroatoms. The van der Waals surface area contributed by atoms with E-state index >= 15 is 0 Å². The van der Waals surface area contributed by atoms with Gasteiger partial charge in [-0.1, -0.05) is 20.8 Å². The highest BCUT2D eigenvalue weighted by molar-refractivity contribution is 5.11. The number of hydrogen-bond acceptors (Lipinski definition) is 2. The first-order chi connectivity index (χ1) is 8.08. The molecule has 1 N–H and O–H groups in total. The minimum Gasteiger partial charge on any atom is -0.346 e. The molecule has 0 saturated carbocycles. The van der Waals surface area contributed by atoms with Crippen molar-refractivity contribution in [2.75, 3.05) is 0 Å². The summed E-state index contributed by atoms with van der Waals surface area (Å²) < 4.78 is 2.07. The average molecular weight is 232 g/mol. The maximum Gasteiger partial charge on any atom is 0.106 e. The van der Waals surface area contributed by atoms with E-state index in [-0.39, 0.29) is 0 Å². The third-order valence-electron chi connectivity index (χ3n) is 3.13. The topological polar surface area (TPSA) is 46.5 Å². The Labute approximate surface area is 102 Å². The summed E-state index contributed by atoms with van der Waals surface area (Å²) in [7, 11) is 2.03. The van der Waals surface area contributed by atoms with Crippen LogP contribution in [0.5, 0.6) is 0 Å². The van der Waals surface area contributed by atoms with Crippen LogP contribution in [0.15, 0.2) is 18.7 Å². The molecule has 1 unspecified atom stereocenters. The van der Waals surface area contributed by atoms with E-state index in [1.165, 1.54) is 11.4 Å². The van der Waals surface area contributed by atoms with Gasteiger partial charge in [-0.05, 0) is 5.92 Å². The summed E-state index contributed by atoms with van der Waals surface area (Å²) >= 11 is 0. The van der Waals surface area contributed by atoms with E-state index in [4.69, 9.17) is 0 Å². The standard InChI is InChI=1S/C13H20N4/c1-9(2)11-6-15-13(16-11)5-10(3)12-7-14-8-17(12)4/h6-10H,5H2,1-4H3,(H,15,16). The summed E-state index contributed by atoms with van der Waals surface area (Å²) in [6, 6.07) is 0. The van der Waals surface area contributed by atoms with Crippen LogP contribution in [0.3, 0.4) is 0 Å². The molecule has 0 aromatic carbocycles. The molecule has 0 aliphatic rings. The molecule has 2 heterocycles. The maximum atomic E-state index is 4.43. The number of aromatic amines is 1. The third kappa shape index (κ3) is 2.57. The fraction of sp³-hybridized carbons (Fsp3) is 0.538. The van der Waals surface area contributed by atoms with Crippen LogP contribution < -0.4 is 0 Å². The van der Waals surface area contributed by atoms with Gasteiger partial charge < -0.3 is 9.55 Å². The summed E-state index contributed by atoms with van der Waals surface area (Å²) in [5, 5.41) is 0. The highest BCUT2D eigenvalue weighted by atomic mass is 15.0. The zero-order valence-corrected chi connectivity index (χ0v) is 10.9. The molecule has 0 aliphatic carbocycles. The van der Waals surface area contributed by atoms with Crippen LogP contribution in [0.2, 0.25) is 0 Å². The Bertz CT molecular complexity index is 481. The highest BCUT2D eigenvalue weighted by Crippen LogP contribution is 2.19. The van der Waals surface area contributed by atoms with E-state index in [2.05, 4.69) is 40.3 Å². The summed E-state index contributed by atoms with van der Waals surface area (Å²) in [6.45, 7) is 6.54. The number of nitrogens with one attached hydrogen (secondary N) is 1. The Morgan fingerprint density at radius 3 is 2.59 bits per heavy atom. The van der Waals surface area contributed by atoms with Crippen LogP contribution in [-0.4, -0.2) is 19.5 Å². The van der Waals surface area contributed by atoms with Gasteiger partial charge in [-0.15, -0.1) is 0 Å². The summed E-state index contributed by atoms with van der Waals surface area (Å²) in [5.41, 5.74) is 2.45. The molecule has 4 nitrogen and oxygen atoms in total. The van der Waals surface area contributed by atoms with Crippen molar-refractivity contribution in [2.45, 2.75) is 39.0 Å². The van der Waals surface area contributed by atoms with Crippen molar-refractivity contribution in [3.8, 4) is 0 Å². The maximum absolute atomic E-state index is 4.43. The molecule has 0 spiro atoms. The molecule has 2 rings (SSSR count). The molecule has 0 fully saturated rings. The van der Waals surface area contributed by atoms with E-state index in [0.29, 0.717) is 11.8 Å². The Morgan fingerprint density at radius 1 is 1.29 bits per heavy atom. The number of imidazole rings is 2. The third-order valence-corrected chi connectivity index (χ3v) is 3.13. The zero-order valence-electron chi connectivity index (χ0n) is 10.9. The van der Waals surface area contributed by atoms with E-state index in [1.807, 2.05) is 25.8 Å². The molecule has 0 aliphatic heterocycles. The molecule has 2 aromatic heterocycles. The Morgan fingerprint density at radius 2 is 2.06 bits per heavy atom. The van der Waals surface area contributed by atoms with E-state index in [0.717, 1.165) is 12.2 Å². The minimum absolute atomic E-state index is 0.425. The van der Waals surface area contributed by atoms with Gasteiger partial charge in [0.05, 0.1) is 6.33 Å². The molecule has 1 atom stereocenters. The van der Waals surface area contributed by atoms with Crippen LogP contribution in [0, 0.1) is 0 Å². The molecule has 0 saturated heterocycles. The van der Waals surface area contributed by atoms with Crippen molar-refractivity contribution >= 4 is 0 Å². The molecule has 0 amide bonds. The molecule has 0 radical (unpaired) electrons. The van der Waals surface area contributed by atoms with Crippen molar-refractivity contribution in [1.82, 2.24) is 19.5 Å². The number of aryl methyl sites for hydroxylation is 1.